The third-order valence-electron chi connectivity index (χ3n) is 4.85. The van der Waals surface area contributed by atoms with Crippen LogP contribution in [0.15, 0.2) is 78.3 Å². The molecule has 4 aromatic rings. The largest absolute Gasteiger partial charge is 0.367 e. The van der Waals surface area contributed by atoms with Crippen LogP contribution in [0.4, 0.5) is 0 Å². The first-order valence-electron chi connectivity index (χ1n) is 9.47. The third-order valence-corrected chi connectivity index (χ3v) is 5.73. The Bertz CT molecular complexity index is 1260. The predicted molar refractivity (Wildman–Crippen MR) is 113 cm³/mol. The molecule has 0 bridgehead atoms. The van der Waals surface area contributed by atoms with Gasteiger partial charge >= 0.3 is 5.97 Å². The first-order chi connectivity index (χ1) is 15.1. The topological polar surface area (TPSA) is 81.5 Å². The quantitative estimate of drug-likeness (QED) is 0.448. The summed E-state index contributed by atoms with van der Waals surface area (Å²) in [7, 11) is 0. The highest BCUT2D eigenvalue weighted by molar-refractivity contribution is 7.13. The van der Waals surface area contributed by atoms with E-state index in [1.54, 1.807) is 23.0 Å². The molecule has 8 heteroatoms. The average molecular weight is 429 g/mol. The summed E-state index contributed by atoms with van der Waals surface area (Å²) in [6.45, 7) is 0.458. The molecule has 0 aliphatic carbocycles. The number of benzene rings is 2. The van der Waals surface area contributed by atoms with Crippen molar-refractivity contribution in [2.45, 2.75) is 6.54 Å². The first-order valence-corrected chi connectivity index (χ1v) is 10.3. The number of amides is 2. The lowest BCUT2D eigenvalue weighted by Crippen LogP contribution is -2.32. The molecule has 0 atom stereocenters. The van der Waals surface area contributed by atoms with E-state index in [1.807, 2.05) is 47.8 Å². The number of rotatable bonds is 5. The molecule has 7 nitrogen and oxygen atoms in total. The highest BCUT2D eigenvalue weighted by atomic mass is 32.1. The van der Waals surface area contributed by atoms with Gasteiger partial charge in [0.1, 0.15) is 11.3 Å². The summed E-state index contributed by atoms with van der Waals surface area (Å²) in [5.41, 5.74) is 2.04. The second kappa shape index (κ2) is 7.66. The zero-order valence-corrected chi connectivity index (χ0v) is 16.9. The predicted octanol–water partition coefficient (Wildman–Crippen LogP) is 4.03. The molecule has 0 saturated heterocycles. The van der Waals surface area contributed by atoms with Gasteiger partial charge in [0.15, 0.2) is 0 Å². The van der Waals surface area contributed by atoms with Crippen LogP contribution in [0.25, 0.3) is 10.6 Å². The Morgan fingerprint density at radius 2 is 1.58 bits per heavy atom. The Hall–Kier alpha value is -4.04. The lowest BCUT2D eigenvalue weighted by molar-refractivity contribution is -0.0584. The summed E-state index contributed by atoms with van der Waals surface area (Å²) in [5.74, 6) is -2.15. The van der Waals surface area contributed by atoms with Crippen molar-refractivity contribution in [3.63, 3.8) is 0 Å². The molecule has 31 heavy (non-hydrogen) atoms. The molecule has 2 aromatic carbocycles. The number of thiophene rings is 1. The highest BCUT2D eigenvalue weighted by Crippen LogP contribution is 2.29. The molecule has 152 valence electrons. The number of hydroxylamine groups is 2. The number of imide groups is 1. The Kier molecular flexibility index (Phi) is 4.68. The van der Waals surface area contributed by atoms with Gasteiger partial charge < -0.3 is 4.84 Å². The summed E-state index contributed by atoms with van der Waals surface area (Å²) in [5, 5.41) is 6.95. The van der Waals surface area contributed by atoms with Gasteiger partial charge in [-0.2, -0.15) is 5.10 Å². The maximum atomic E-state index is 13.0. The number of carbonyl (C=O) groups is 3. The molecule has 0 N–H and O–H groups in total. The van der Waals surface area contributed by atoms with Gasteiger partial charge in [0.05, 0.1) is 22.5 Å². The Labute approximate surface area is 181 Å². The van der Waals surface area contributed by atoms with Crippen molar-refractivity contribution >= 4 is 29.1 Å². The minimum atomic E-state index is -0.822. The number of carbonyl (C=O) groups excluding carboxylic acids is 3. The van der Waals surface area contributed by atoms with Gasteiger partial charge in [0.25, 0.3) is 11.8 Å². The molecular weight excluding hydrogens is 414 g/mol. The van der Waals surface area contributed by atoms with Crippen molar-refractivity contribution in [3.8, 4) is 10.6 Å². The lowest BCUT2D eigenvalue weighted by atomic mass is 10.1. The van der Waals surface area contributed by atoms with Crippen molar-refractivity contribution in [2.75, 3.05) is 0 Å². The fourth-order valence-corrected chi connectivity index (χ4v) is 4.12. The maximum absolute atomic E-state index is 13.0. The molecule has 0 unspecified atom stereocenters. The number of hydrogen-bond acceptors (Lipinski definition) is 6. The van der Waals surface area contributed by atoms with Gasteiger partial charge in [-0.25, -0.2) is 4.79 Å². The molecule has 1 aliphatic heterocycles. The number of fused-ring (bicyclic) bond motifs is 1. The van der Waals surface area contributed by atoms with Gasteiger partial charge in [-0.05, 0) is 29.1 Å². The fourth-order valence-electron chi connectivity index (χ4n) is 3.40. The molecule has 0 saturated carbocycles. The molecule has 5 rings (SSSR count). The van der Waals surface area contributed by atoms with E-state index in [0.717, 1.165) is 10.4 Å². The Balaban J connectivity index is 1.46. The van der Waals surface area contributed by atoms with Gasteiger partial charge in [-0.15, -0.1) is 11.3 Å². The van der Waals surface area contributed by atoms with E-state index < -0.39 is 17.8 Å². The van der Waals surface area contributed by atoms with Gasteiger partial charge in [0.2, 0.25) is 0 Å². The lowest BCUT2D eigenvalue weighted by Gasteiger charge is -2.12. The smallest absolute Gasteiger partial charge is 0.324 e. The molecule has 0 fully saturated rings. The summed E-state index contributed by atoms with van der Waals surface area (Å²) in [6.07, 6.45) is 1.57. The molecule has 2 amide bonds. The van der Waals surface area contributed by atoms with E-state index in [9.17, 15) is 14.4 Å². The zero-order valence-electron chi connectivity index (χ0n) is 16.1. The minimum Gasteiger partial charge on any atom is -0.324 e. The number of hydrogen-bond donors (Lipinski definition) is 0. The third kappa shape index (κ3) is 3.43. The highest BCUT2D eigenvalue weighted by Gasteiger charge is 2.39. The standard InChI is InChI=1S/C23H15N3O4S/c27-21-16-9-4-5-10-17(16)22(28)26(21)30-23(29)18-14-25(13-15-7-2-1-3-8-15)24-20(18)19-11-6-12-31-19/h1-12,14H,13H2. The molecule has 3 heterocycles. The fraction of sp³-hybridized carbons (Fsp3) is 0.0435. The molecule has 2 aromatic heterocycles. The van der Waals surface area contributed by atoms with Crippen LogP contribution in [0.1, 0.15) is 36.6 Å². The van der Waals surface area contributed by atoms with Gasteiger partial charge in [-0.1, -0.05) is 53.6 Å². The van der Waals surface area contributed by atoms with Crippen LogP contribution in [0.2, 0.25) is 0 Å². The van der Waals surface area contributed by atoms with E-state index in [-0.39, 0.29) is 16.7 Å². The molecule has 0 spiro atoms. The van der Waals surface area contributed by atoms with Gasteiger partial charge in [0, 0.05) is 6.20 Å². The van der Waals surface area contributed by atoms with Crippen LogP contribution in [0.3, 0.4) is 0 Å². The summed E-state index contributed by atoms with van der Waals surface area (Å²) in [4.78, 5) is 44.1. The first kappa shape index (κ1) is 19.0. The molecular formula is C23H15N3O4S. The minimum absolute atomic E-state index is 0.176. The van der Waals surface area contributed by atoms with E-state index in [4.69, 9.17) is 4.84 Å². The number of aromatic nitrogens is 2. The zero-order chi connectivity index (χ0) is 21.4. The van der Waals surface area contributed by atoms with Crippen LogP contribution in [-0.2, 0) is 11.4 Å². The second-order valence-corrected chi connectivity index (χ2v) is 7.83. The number of nitrogens with zero attached hydrogens (tertiary/aromatic N) is 3. The maximum Gasteiger partial charge on any atom is 0.367 e. The van der Waals surface area contributed by atoms with Crippen LogP contribution in [0.5, 0.6) is 0 Å². The summed E-state index contributed by atoms with van der Waals surface area (Å²) < 4.78 is 1.64. The van der Waals surface area contributed by atoms with Crippen molar-refractivity contribution in [3.05, 3.63) is 101 Å². The van der Waals surface area contributed by atoms with Crippen molar-refractivity contribution in [2.24, 2.45) is 0 Å². The average Bonchev–Trinajstić information content (AvgIpc) is 3.51. The monoisotopic (exact) mass is 429 g/mol. The van der Waals surface area contributed by atoms with Crippen LogP contribution in [-0.4, -0.2) is 32.6 Å². The van der Waals surface area contributed by atoms with Crippen LogP contribution >= 0.6 is 11.3 Å². The SMILES string of the molecule is O=C(ON1C(=O)c2ccccc2C1=O)c1cn(Cc2ccccc2)nc1-c1cccs1. The van der Waals surface area contributed by atoms with Crippen LogP contribution < -0.4 is 0 Å². The van der Waals surface area contributed by atoms with E-state index in [0.29, 0.717) is 17.3 Å². The van der Waals surface area contributed by atoms with Gasteiger partial charge in [-0.3, -0.25) is 14.3 Å². The van der Waals surface area contributed by atoms with Crippen molar-refractivity contribution in [1.82, 2.24) is 14.8 Å². The van der Waals surface area contributed by atoms with Crippen molar-refractivity contribution < 1.29 is 19.2 Å². The van der Waals surface area contributed by atoms with E-state index in [2.05, 4.69) is 5.10 Å². The Morgan fingerprint density at radius 1 is 0.903 bits per heavy atom. The van der Waals surface area contributed by atoms with Crippen LogP contribution in [0, 0.1) is 0 Å². The van der Waals surface area contributed by atoms with E-state index in [1.165, 1.54) is 23.5 Å². The summed E-state index contributed by atoms with van der Waals surface area (Å²) in [6, 6.07) is 19.8. The Morgan fingerprint density at radius 3 is 2.23 bits per heavy atom. The summed E-state index contributed by atoms with van der Waals surface area (Å²) >= 11 is 1.43. The second-order valence-electron chi connectivity index (χ2n) is 6.88. The molecule has 1 aliphatic rings. The molecule has 0 radical (unpaired) electrons. The van der Waals surface area contributed by atoms with Crippen molar-refractivity contribution in [1.29, 1.82) is 0 Å². The van der Waals surface area contributed by atoms with E-state index >= 15 is 0 Å². The normalized spacial score (nSPS) is 12.8.